The molecule has 2 rings (SSSR count). The Hall–Kier alpha value is -1.55. The van der Waals surface area contributed by atoms with E-state index < -0.39 is 5.41 Å². The molecule has 4 nitrogen and oxygen atoms in total. The van der Waals surface area contributed by atoms with E-state index in [0.29, 0.717) is 25.1 Å². The number of carbonyl (C=O) groups excluding carboxylic acids is 1. The number of hydrogen-bond acceptors (Lipinski definition) is 4. The predicted octanol–water partition coefficient (Wildman–Crippen LogP) is 1.19. The molecule has 0 saturated heterocycles. The van der Waals surface area contributed by atoms with Crippen LogP contribution in [0.3, 0.4) is 0 Å². The third-order valence-electron chi connectivity index (χ3n) is 3.35. The molecule has 92 valence electrons. The quantitative estimate of drug-likeness (QED) is 0.608. The molecule has 0 amide bonds. The highest BCUT2D eigenvalue weighted by molar-refractivity contribution is 5.85. The van der Waals surface area contributed by atoms with Gasteiger partial charge in [0.1, 0.15) is 0 Å². The minimum atomic E-state index is -0.552. The number of hydrogen-bond donors (Lipinski definition) is 2. The summed E-state index contributed by atoms with van der Waals surface area (Å²) < 4.78 is 5.16. The minimum absolute atomic E-state index is 0.0805. The molecule has 4 N–H and O–H groups in total. The fourth-order valence-corrected chi connectivity index (χ4v) is 2.43. The molecule has 0 atom stereocenters. The summed E-state index contributed by atoms with van der Waals surface area (Å²) in [6.45, 7) is 2.21. The van der Waals surface area contributed by atoms with Gasteiger partial charge in [-0.15, -0.1) is 0 Å². The van der Waals surface area contributed by atoms with Crippen LogP contribution in [0.25, 0.3) is 0 Å². The van der Waals surface area contributed by atoms with E-state index in [-0.39, 0.29) is 12.0 Å². The van der Waals surface area contributed by atoms with Gasteiger partial charge in [0.05, 0.1) is 12.0 Å². The van der Waals surface area contributed by atoms with Crippen molar-refractivity contribution >= 4 is 11.7 Å². The fourth-order valence-electron chi connectivity index (χ4n) is 2.43. The van der Waals surface area contributed by atoms with Crippen molar-refractivity contribution < 1.29 is 9.53 Å². The van der Waals surface area contributed by atoms with Crippen molar-refractivity contribution in [1.82, 2.24) is 0 Å². The van der Waals surface area contributed by atoms with Crippen molar-refractivity contribution in [2.45, 2.75) is 31.2 Å². The third-order valence-corrected chi connectivity index (χ3v) is 3.35. The topological polar surface area (TPSA) is 78.3 Å². The monoisotopic (exact) mass is 234 g/mol. The van der Waals surface area contributed by atoms with Crippen molar-refractivity contribution in [2.75, 3.05) is 12.3 Å². The Labute approximate surface area is 101 Å². The average molecular weight is 234 g/mol. The first kappa shape index (κ1) is 11.9. The zero-order valence-corrected chi connectivity index (χ0v) is 9.98. The van der Waals surface area contributed by atoms with Crippen molar-refractivity contribution in [1.29, 1.82) is 0 Å². The first-order valence-corrected chi connectivity index (χ1v) is 5.87. The molecule has 1 aliphatic rings. The minimum Gasteiger partial charge on any atom is -0.465 e. The van der Waals surface area contributed by atoms with Gasteiger partial charge in [-0.1, -0.05) is 12.1 Å². The fraction of sp³-hybridized carbons (Fsp3) is 0.462. The third kappa shape index (κ3) is 2.00. The molecule has 4 heteroatoms. The summed E-state index contributed by atoms with van der Waals surface area (Å²) in [4.78, 5) is 12.1. The maximum absolute atomic E-state index is 12.1. The number of nitrogens with two attached hydrogens (primary N) is 2. The van der Waals surface area contributed by atoms with E-state index in [1.165, 1.54) is 0 Å². The first-order chi connectivity index (χ1) is 8.08. The summed E-state index contributed by atoms with van der Waals surface area (Å²) in [7, 11) is 0. The number of esters is 1. The van der Waals surface area contributed by atoms with E-state index in [4.69, 9.17) is 16.2 Å². The molecule has 0 aliphatic heterocycles. The summed E-state index contributed by atoms with van der Waals surface area (Å²) in [6, 6.07) is 7.47. The molecule has 17 heavy (non-hydrogen) atoms. The van der Waals surface area contributed by atoms with E-state index in [9.17, 15) is 4.79 Å². The summed E-state index contributed by atoms with van der Waals surface area (Å²) in [5, 5.41) is 0. The Bertz CT molecular complexity index is 408. The van der Waals surface area contributed by atoms with Crippen LogP contribution in [-0.2, 0) is 14.9 Å². The van der Waals surface area contributed by atoms with Gasteiger partial charge in [0, 0.05) is 11.7 Å². The molecule has 0 spiro atoms. The number of benzene rings is 1. The second-order valence-corrected chi connectivity index (χ2v) is 4.59. The lowest BCUT2D eigenvalue weighted by molar-refractivity contribution is -0.154. The Morgan fingerprint density at radius 2 is 2.00 bits per heavy atom. The van der Waals surface area contributed by atoms with Crippen molar-refractivity contribution in [3.8, 4) is 0 Å². The number of carbonyl (C=O) groups is 1. The molecule has 0 aromatic heterocycles. The number of ether oxygens (including phenoxy) is 1. The van der Waals surface area contributed by atoms with Crippen LogP contribution in [-0.4, -0.2) is 18.6 Å². The maximum Gasteiger partial charge on any atom is 0.316 e. The lowest BCUT2D eigenvalue weighted by atomic mass is 9.62. The van der Waals surface area contributed by atoms with Crippen molar-refractivity contribution in [3.63, 3.8) is 0 Å². The molecule has 0 heterocycles. The van der Waals surface area contributed by atoms with Crippen LogP contribution >= 0.6 is 0 Å². The molecule has 0 radical (unpaired) electrons. The van der Waals surface area contributed by atoms with Gasteiger partial charge in [0.15, 0.2) is 0 Å². The van der Waals surface area contributed by atoms with E-state index >= 15 is 0 Å². The SMILES string of the molecule is CCOC(=O)C1(c2ccc(N)cc2)CC(N)C1. The molecular weight excluding hydrogens is 216 g/mol. The van der Waals surface area contributed by atoms with Gasteiger partial charge in [0.25, 0.3) is 0 Å². The van der Waals surface area contributed by atoms with Gasteiger partial charge < -0.3 is 16.2 Å². The van der Waals surface area contributed by atoms with Crippen LogP contribution in [0.2, 0.25) is 0 Å². The van der Waals surface area contributed by atoms with Gasteiger partial charge in [-0.3, -0.25) is 4.79 Å². The number of rotatable bonds is 3. The summed E-state index contributed by atoms with van der Waals surface area (Å²) in [5.41, 5.74) is 12.6. The van der Waals surface area contributed by atoms with Crippen LogP contribution < -0.4 is 11.5 Å². The van der Waals surface area contributed by atoms with Gasteiger partial charge in [-0.05, 0) is 37.5 Å². The number of nitrogen functional groups attached to an aromatic ring is 1. The molecule has 1 aromatic rings. The van der Waals surface area contributed by atoms with Crippen LogP contribution in [0.15, 0.2) is 24.3 Å². The summed E-state index contributed by atoms with van der Waals surface area (Å²) in [5.74, 6) is -0.175. The van der Waals surface area contributed by atoms with Gasteiger partial charge in [-0.25, -0.2) is 0 Å². The van der Waals surface area contributed by atoms with Crippen LogP contribution in [0.5, 0.6) is 0 Å². The molecule has 0 bridgehead atoms. The standard InChI is InChI=1S/C13H18N2O2/c1-2-17-12(16)13(7-11(15)8-13)9-3-5-10(14)6-4-9/h3-6,11H,2,7-8,14-15H2,1H3. The van der Waals surface area contributed by atoms with Crippen LogP contribution in [0, 0.1) is 0 Å². The highest BCUT2D eigenvalue weighted by atomic mass is 16.5. The smallest absolute Gasteiger partial charge is 0.316 e. The zero-order chi connectivity index (χ0) is 12.5. The van der Waals surface area contributed by atoms with E-state index in [1.54, 1.807) is 12.1 Å². The molecule has 1 fully saturated rings. The molecule has 0 unspecified atom stereocenters. The van der Waals surface area contributed by atoms with Gasteiger partial charge in [0.2, 0.25) is 0 Å². The Morgan fingerprint density at radius 3 is 2.47 bits per heavy atom. The first-order valence-electron chi connectivity index (χ1n) is 5.87. The average Bonchev–Trinajstić information content (AvgIpc) is 2.26. The molecular formula is C13H18N2O2. The number of anilines is 1. The van der Waals surface area contributed by atoms with Gasteiger partial charge in [-0.2, -0.15) is 0 Å². The van der Waals surface area contributed by atoms with E-state index in [1.807, 2.05) is 19.1 Å². The highest BCUT2D eigenvalue weighted by Crippen LogP contribution is 2.44. The Morgan fingerprint density at radius 1 is 1.41 bits per heavy atom. The van der Waals surface area contributed by atoms with Gasteiger partial charge >= 0.3 is 5.97 Å². The summed E-state index contributed by atoms with van der Waals surface area (Å²) >= 11 is 0. The zero-order valence-electron chi connectivity index (χ0n) is 9.98. The van der Waals surface area contributed by atoms with Crippen LogP contribution in [0.4, 0.5) is 5.69 Å². The lowest BCUT2D eigenvalue weighted by Crippen LogP contribution is -2.54. The molecule has 1 aromatic carbocycles. The van der Waals surface area contributed by atoms with Crippen molar-refractivity contribution in [3.05, 3.63) is 29.8 Å². The van der Waals surface area contributed by atoms with Crippen LogP contribution in [0.1, 0.15) is 25.3 Å². The predicted molar refractivity (Wildman–Crippen MR) is 66.4 cm³/mol. The second-order valence-electron chi connectivity index (χ2n) is 4.59. The summed E-state index contributed by atoms with van der Waals surface area (Å²) in [6.07, 6.45) is 1.30. The second kappa shape index (κ2) is 4.37. The maximum atomic E-state index is 12.1. The normalized spacial score (nSPS) is 27.3. The van der Waals surface area contributed by atoms with Crippen molar-refractivity contribution in [2.24, 2.45) is 5.73 Å². The Kier molecular flexibility index (Phi) is 3.07. The highest BCUT2D eigenvalue weighted by Gasteiger charge is 2.51. The van der Waals surface area contributed by atoms with E-state index in [2.05, 4.69) is 0 Å². The lowest BCUT2D eigenvalue weighted by Gasteiger charge is -2.44. The Balaban J connectivity index is 2.29. The largest absolute Gasteiger partial charge is 0.465 e. The molecule has 1 aliphatic carbocycles. The van der Waals surface area contributed by atoms with E-state index in [0.717, 1.165) is 5.56 Å². The molecule has 1 saturated carbocycles.